The highest BCUT2D eigenvalue weighted by atomic mass is 32.1. The van der Waals surface area contributed by atoms with Gasteiger partial charge in [-0.05, 0) is 37.3 Å². The van der Waals surface area contributed by atoms with Crippen LogP contribution in [0.15, 0.2) is 47.5 Å². The van der Waals surface area contributed by atoms with E-state index in [1.807, 2.05) is 12.1 Å². The number of nitrogens with zero attached hydrogens (tertiary/aromatic N) is 2. The zero-order valence-electron chi connectivity index (χ0n) is 13.1. The monoisotopic (exact) mass is 359 g/mol. The van der Waals surface area contributed by atoms with Crippen LogP contribution in [0.25, 0.3) is 10.2 Å². The van der Waals surface area contributed by atoms with Crippen molar-refractivity contribution in [3.8, 4) is 0 Å². The lowest BCUT2D eigenvalue weighted by Crippen LogP contribution is -2.25. The number of hydrogen-bond acceptors (Lipinski definition) is 4. The number of anilines is 1. The predicted molar refractivity (Wildman–Crippen MR) is 92.9 cm³/mol. The maximum absolute atomic E-state index is 13.1. The van der Waals surface area contributed by atoms with Crippen molar-refractivity contribution in [2.24, 2.45) is 4.99 Å². The number of aromatic nitrogens is 1. The predicted octanol–water partition coefficient (Wildman–Crippen LogP) is 2.81. The number of fused-ring (bicyclic) bond motifs is 1. The zero-order chi connectivity index (χ0) is 18.1. The van der Waals surface area contributed by atoms with Crippen molar-refractivity contribution in [3.05, 3.63) is 58.6 Å². The first-order valence-electron chi connectivity index (χ1n) is 7.35. The lowest BCUT2D eigenvalue weighted by molar-refractivity contribution is -0.140. The van der Waals surface area contributed by atoms with Crippen molar-refractivity contribution in [1.82, 2.24) is 4.57 Å². The molecule has 3 aromatic rings. The van der Waals surface area contributed by atoms with Crippen LogP contribution in [0.5, 0.6) is 0 Å². The molecule has 0 aliphatic rings. The largest absolute Gasteiger partial charge is 0.480 e. The van der Waals surface area contributed by atoms with Gasteiger partial charge in [0, 0.05) is 5.69 Å². The minimum atomic E-state index is -1.04. The summed E-state index contributed by atoms with van der Waals surface area (Å²) in [4.78, 5) is 28.2. The Hall–Kier alpha value is -3.00. The number of halogens is 1. The normalized spacial score (nSPS) is 13.1. The minimum Gasteiger partial charge on any atom is -0.480 e. The van der Waals surface area contributed by atoms with Gasteiger partial charge in [0.1, 0.15) is 11.9 Å². The van der Waals surface area contributed by atoms with Crippen molar-refractivity contribution < 1.29 is 19.1 Å². The fourth-order valence-corrected chi connectivity index (χ4v) is 3.53. The Kier molecular flexibility index (Phi) is 4.37. The van der Waals surface area contributed by atoms with Crippen LogP contribution >= 0.6 is 11.3 Å². The van der Waals surface area contributed by atoms with E-state index >= 15 is 0 Å². The molecule has 0 fully saturated rings. The third-order valence-electron chi connectivity index (χ3n) is 3.72. The molecule has 1 heterocycles. The first-order chi connectivity index (χ1) is 11.9. The molecule has 25 heavy (non-hydrogen) atoms. The van der Waals surface area contributed by atoms with E-state index in [9.17, 15) is 19.1 Å². The summed E-state index contributed by atoms with van der Waals surface area (Å²) in [5, 5.41) is 9.36. The van der Waals surface area contributed by atoms with E-state index in [0.29, 0.717) is 5.52 Å². The highest BCUT2D eigenvalue weighted by molar-refractivity contribution is 7.16. The Morgan fingerprint density at radius 2 is 2.00 bits per heavy atom. The van der Waals surface area contributed by atoms with Crippen LogP contribution in [0, 0.1) is 5.82 Å². The molecule has 0 saturated carbocycles. The molecule has 128 valence electrons. The van der Waals surface area contributed by atoms with Gasteiger partial charge < -0.3 is 15.4 Å². The smallest absolute Gasteiger partial charge is 0.326 e. The number of carboxylic acid groups (broad SMARTS) is 1. The lowest BCUT2D eigenvalue weighted by atomic mass is 10.1. The first-order valence-corrected chi connectivity index (χ1v) is 8.17. The van der Waals surface area contributed by atoms with Gasteiger partial charge in [-0.1, -0.05) is 23.5 Å². The van der Waals surface area contributed by atoms with Crippen LogP contribution < -0.4 is 10.5 Å². The van der Waals surface area contributed by atoms with Gasteiger partial charge in [-0.3, -0.25) is 4.79 Å². The number of para-hydroxylation sites is 1. The van der Waals surface area contributed by atoms with Crippen molar-refractivity contribution in [1.29, 1.82) is 0 Å². The van der Waals surface area contributed by atoms with E-state index in [4.69, 9.17) is 5.73 Å². The molecule has 8 heteroatoms. The van der Waals surface area contributed by atoms with E-state index in [1.165, 1.54) is 28.9 Å². The third-order valence-corrected chi connectivity index (χ3v) is 4.75. The lowest BCUT2D eigenvalue weighted by Gasteiger charge is -2.10. The Bertz CT molecular complexity index is 1050. The van der Waals surface area contributed by atoms with Gasteiger partial charge in [0.25, 0.3) is 5.91 Å². The third kappa shape index (κ3) is 3.16. The highest BCUT2D eigenvalue weighted by Gasteiger charge is 2.19. The van der Waals surface area contributed by atoms with Crippen LogP contribution in [-0.4, -0.2) is 21.6 Å². The standard InChI is InChI=1S/C17H14FN3O3S/c1-9(16(23)24)21-13-4-2-3-5-14(13)25-17(21)20-15(22)11-7-6-10(18)8-12(11)19/h2-9H,19H2,1H3,(H,23,24)/b20-17-. The number of aliphatic carboxylic acids is 1. The Balaban J connectivity index is 2.20. The minimum absolute atomic E-state index is 0.0207. The molecule has 0 aliphatic carbocycles. The molecule has 0 bridgehead atoms. The Labute approximate surface area is 145 Å². The van der Waals surface area contributed by atoms with Crippen molar-refractivity contribution in [3.63, 3.8) is 0 Å². The molecule has 0 aliphatic heterocycles. The molecular formula is C17H14FN3O3S. The maximum Gasteiger partial charge on any atom is 0.326 e. The summed E-state index contributed by atoms with van der Waals surface area (Å²) in [7, 11) is 0. The molecule has 1 amide bonds. The summed E-state index contributed by atoms with van der Waals surface area (Å²) in [5.41, 5.74) is 6.39. The quantitative estimate of drug-likeness (QED) is 0.703. The second kappa shape index (κ2) is 6.48. The fraction of sp³-hybridized carbons (Fsp3) is 0.118. The number of carboxylic acids is 1. The zero-order valence-corrected chi connectivity index (χ0v) is 14.0. The van der Waals surface area contributed by atoms with Gasteiger partial charge >= 0.3 is 5.97 Å². The summed E-state index contributed by atoms with van der Waals surface area (Å²) in [6.07, 6.45) is 0. The van der Waals surface area contributed by atoms with E-state index in [0.717, 1.165) is 16.8 Å². The second-order valence-electron chi connectivity index (χ2n) is 5.39. The summed E-state index contributed by atoms with van der Waals surface area (Å²) in [5.74, 6) is -2.25. The van der Waals surface area contributed by atoms with Gasteiger partial charge in [0.15, 0.2) is 4.80 Å². The summed E-state index contributed by atoms with van der Waals surface area (Å²) in [6, 6.07) is 9.70. The summed E-state index contributed by atoms with van der Waals surface area (Å²) in [6.45, 7) is 1.51. The van der Waals surface area contributed by atoms with Crippen LogP contribution in [0.4, 0.5) is 10.1 Å². The Morgan fingerprint density at radius 1 is 1.28 bits per heavy atom. The first kappa shape index (κ1) is 16.8. The van der Waals surface area contributed by atoms with E-state index in [1.54, 1.807) is 12.1 Å². The molecule has 0 saturated heterocycles. The van der Waals surface area contributed by atoms with Crippen LogP contribution in [0.1, 0.15) is 23.3 Å². The molecule has 1 aromatic heterocycles. The molecule has 1 atom stereocenters. The van der Waals surface area contributed by atoms with Gasteiger partial charge in [-0.25, -0.2) is 9.18 Å². The van der Waals surface area contributed by atoms with Gasteiger partial charge in [-0.15, -0.1) is 0 Å². The van der Waals surface area contributed by atoms with Crippen molar-refractivity contribution in [2.75, 3.05) is 5.73 Å². The Morgan fingerprint density at radius 3 is 2.68 bits per heavy atom. The highest BCUT2D eigenvalue weighted by Crippen LogP contribution is 2.21. The molecule has 6 nitrogen and oxygen atoms in total. The second-order valence-corrected chi connectivity index (χ2v) is 6.39. The number of rotatable bonds is 3. The van der Waals surface area contributed by atoms with E-state index in [-0.39, 0.29) is 16.1 Å². The number of carbonyl (C=O) groups excluding carboxylic acids is 1. The number of nitrogen functional groups attached to an aromatic ring is 1. The van der Waals surface area contributed by atoms with Gasteiger partial charge in [-0.2, -0.15) is 4.99 Å². The number of carbonyl (C=O) groups is 2. The van der Waals surface area contributed by atoms with Crippen molar-refractivity contribution >= 4 is 39.1 Å². The van der Waals surface area contributed by atoms with E-state index < -0.39 is 23.7 Å². The SMILES string of the molecule is CC(C(=O)O)n1/c(=N/C(=O)c2ccc(F)cc2N)sc2ccccc21. The van der Waals surface area contributed by atoms with Crippen molar-refractivity contribution in [2.45, 2.75) is 13.0 Å². The molecule has 3 rings (SSSR count). The van der Waals surface area contributed by atoms with Crippen LogP contribution in [0.2, 0.25) is 0 Å². The molecule has 0 radical (unpaired) electrons. The average Bonchev–Trinajstić information content (AvgIpc) is 2.91. The van der Waals surface area contributed by atoms with E-state index in [2.05, 4.69) is 4.99 Å². The number of amides is 1. The maximum atomic E-state index is 13.1. The molecule has 3 N–H and O–H groups in total. The number of benzene rings is 2. The summed E-state index contributed by atoms with van der Waals surface area (Å²) >= 11 is 1.20. The fourth-order valence-electron chi connectivity index (χ4n) is 2.43. The number of thiazole rings is 1. The van der Waals surface area contributed by atoms with Gasteiger partial charge in [0.2, 0.25) is 0 Å². The average molecular weight is 359 g/mol. The molecule has 1 unspecified atom stereocenters. The van der Waals surface area contributed by atoms with Crippen LogP contribution in [0.3, 0.4) is 0 Å². The molecule has 0 spiro atoms. The summed E-state index contributed by atoms with van der Waals surface area (Å²) < 4.78 is 15.4. The van der Waals surface area contributed by atoms with Crippen LogP contribution in [-0.2, 0) is 4.79 Å². The molecular weight excluding hydrogens is 345 g/mol. The van der Waals surface area contributed by atoms with Gasteiger partial charge in [0.05, 0.1) is 15.8 Å². The number of nitrogens with two attached hydrogens (primary N) is 1. The topological polar surface area (TPSA) is 97.7 Å². The number of hydrogen-bond donors (Lipinski definition) is 2. The molecule has 2 aromatic carbocycles.